The number of halogens is 3. The largest absolute Gasteiger partial charge is 0.416 e. The number of amides is 1. The first kappa shape index (κ1) is 16.8. The number of rotatable bonds is 2. The summed E-state index contributed by atoms with van der Waals surface area (Å²) in [5.41, 5.74) is -1.20. The van der Waals surface area contributed by atoms with Gasteiger partial charge in [0, 0.05) is 6.54 Å². The number of nitrogens with one attached hydrogen (secondary N) is 1. The lowest BCUT2D eigenvalue weighted by Gasteiger charge is -2.18. The Labute approximate surface area is 125 Å². The highest BCUT2D eigenvalue weighted by Gasteiger charge is 2.34. The van der Waals surface area contributed by atoms with Crippen molar-refractivity contribution in [2.45, 2.75) is 36.3 Å². The number of carbonyl (C=O) groups excluding carboxylic acids is 1. The number of nitrogens with two attached hydrogens (primary N) is 1. The average Bonchev–Trinajstić information content (AvgIpc) is 2.60. The van der Waals surface area contributed by atoms with Crippen LogP contribution in [0.25, 0.3) is 0 Å². The smallest absolute Gasteiger partial charge is 0.356 e. The highest BCUT2D eigenvalue weighted by atomic mass is 32.2. The Kier molecular flexibility index (Phi) is 4.48. The quantitative estimate of drug-likeness (QED) is 0.862. The zero-order chi connectivity index (χ0) is 16.5. The molecule has 2 rings (SSSR count). The Hall–Kier alpha value is -1.61. The second kappa shape index (κ2) is 5.88. The minimum atomic E-state index is -4.63. The van der Waals surface area contributed by atoms with Crippen molar-refractivity contribution in [2.75, 3.05) is 6.54 Å². The first-order chi connectivity index (χ1) is 10.1. The third-order valence-corrected chi connectivity index (χ3v) is 4.54. The molecule has 1 amide bonds. The summed E-state index contributed by atoms with van der Waals surface area (Å²) in [6.45, 7) is 0.416. The van der Waals surface area contributed by atoms with E-state index in [2.05, 4.69) is 5.32 Å². The van der Waals surface area contributed by atoms with Crippen molar-refractivity contribution in [3.8, 4) is 0 Å². The number of alkyl halides is 3. The first-order valence-electron chi connectivity index (χ1n) is 6.62. The third kappa shape index (κ3) is 3.58. The second-order valence-electron chi connectivity index (χ2n) is 5.13. The van der Waals surface area contributed by atoms with Crippen LogP contribution in [0, 0.1) is 0 Å². The Bertz CT molecular complexity index is 686. The number of carbonyl (C=O) groups is 1. The van der Waals surface area contributed by atoms with Crippen LogP contribution in [0.4, 0.5) is 13.2 Å². The SMILES string of the molecule is NS(=O)(=O)c1ccc(C(F)(F)F)cc1C1CCCCNC1=O. The number of sulfonamides is 1. The molecule has 1 aliphatic heterocycles. The molecule has 0 aliphatic carbocycles. The highest BCUT2D eigenvalue weighted by molar-refractivity contribution is 7.89. The van der Waals surface area contributed by atoms with E-state index >= 15 is 0 Å². The molecule has 1 heterocycles. The van der Waals surface area contributed by atoms with Crippen LogP contribution in [0.3, 0.4) is 0 Å². The van der Waals surface area contributed by atoms with E-state index in [0.717, 1.165) is 6.07 Å². The third-order valence-electron chi connectivity index (χ3n) is 3.55. The van der Waals surface area contributed by atoms with Gasteiger partial charge in [0.15, 0.2) is 0 Å². The van der Waals surface area contributed by atoms with Crippen LogP contribution in [0.2, 0.25) is 0 Å². The van der Waals surface area contributed by atoms with Crippen LogP contribution < -0.4 is 10.5 Å². The molecule has 1 unspecified atom stereocenters. The van der Waals surface area contributed by atoms with E-state index in [0.29, 0.717) is 31.5 Å². The molecule has 1 aliphatic rings. The lowest BCUT2D eigenvalue weighted by Crippen LogP contribution is -2.29. The van der Waals surface area contributed by atoms with E-state index in [1.165, 1.54) is 0 Å². The van der Waals surface area contributed by atoms with E-state index in [1.807, 2.05) is 0 Å². The molecule has 3 N–H and O–H groups in total. The molecule has 9 heteroatoms. The molecule has 1 aromatic carbocycles. The van der Waals surface area contributed by atoms with Crippen LogP contribution in [0.15, 0.2) is 23.1 Å². The van der Waals surface area contributed by atoms with E-state index in [1.54, 1.807) is 0 Å². The van der Waals surface area contributed by atoms with Gasteiger partial charge in [0.25, 0.3) is 0 Å². The van der Waals surface area contributed by atoms with Crippen LogP contribution >= 0.6 is 0 Å². The number of benzene rings is 1. The van der Waals surface area contributed by atoms with Crippen molar-refractivity contribution in [1.29, 1.82) is 0 Å². The normalized spacial score (nSPS) is 20.4. The van der Waals surface area contributed by atoms with E-state index in [9.17, 15) is 26.4 Å². The fraction of sp³-hybridized carbons (Fsp3) is 0.462. The monoisotopic (exact) mass is 336 g/mol. The van der Waals surface area contributed by atoms with Gasteiger partial charge in [-0.2, -0.15) is 13.2 Å². The topological polar surface area (TPSA) is 89.3 Å². The molecule has 0 bridgehead atoms. The highest BCUT2D eigenvalue weighted by Crippen LogP contribution is 2.35. The zero-order valence-corrected chi connectivity index (χ0v) is 12.3. The summed E-state index contributed by atoms with van der Waals surface area (Å²) in [5, 5.41) is 7.64. The summed E-state index contributed by atoms with van der Waals surface area (Å²) in [7, 11) is -4.23. The predicted octanol–water partition coefficient (Wildman–Crippen LogP) is 1.74. The van der Waals surface area contributed by atoms with Crippen molar-refractivity contribution in [3.05, 3.63) is 29.3 Å². The molecule has 22 heavy (non-hydrogen) atoms. The lowest BCUT2D eigenvalue weighted by atomic mass is 9.92. The summed E-state index contributed by atoms with van der Waals surface area (Å²) in [4.78, 5) is 11.6. The molecule has 0 radical (unpaired) electrons. The van der Waals surface area contributed by atoms with Crippen LogP contribution in [0.5, 0.6) is 0 Å². The van der Waals surface area contributed by atoms with Gasteiger partial charge < -0.3 is 5.32 Å². The Morgan fingerprint density at radius 3 is 2.50 bits per heavy atom. The van der Waals surface area contributed by atoms with Gasteiger partial charge in [-0.3, -0.25) is 4.79 Å². The van der Waals surface area contributed by atoms with Crippen LogP contribution in [-0.4, -0.2) is 20.9 Å². The molecular weight excluding hydrogens is 321 g/mol. The van der Waals surface area contributed by atoms with Gasteiger partial charge in [0.2, 0.25) is 15.9 Å². The molecular formula is C13H15F3N2O3S. The van der Waals surface area contributed by atoms with E-state index in [-0.39, 0.29) is 12.0 Å². The fourth-order valence-electron chi connectivity index (χ4n) is 2.49. The maximum Gasteiger partial charge on any atom is 0.416 e. The van der Waals surface area contributed by atoms with Crippen molar-refractivity contribution in [3.63, 3.8) is 0 Å². The number of hydrogen-bond donors (Lipinski definition) is 2. The number of hydrogen-bond acceptors (Lipinski definition) is 3. The molecule has 0 saturated carbocycles. The zero-order valence-electron chi connectivity index (χ0n) is 11.5. The lowest BCUT2D eigenvalue weighted by molar-refractivity contribution is -0.137. The molecule has 1 aromatic rings. The fourth-order valence-corrected chi connectivity index (χ4v) is 3.28. The minimum Gasteiger partial charge on any atom is -0.356 e. The molecule has 0 aromatic heterocycles. The van der Waals surface area contributed by atoms with Crippen molar-refractivity contribution >= 4 is 15.9 Å². The molecule has 1 fully saturated rings. The predicted molar refractivity (Wildman–Crippen MR) is 72.4 cm³/mol. The Morgan fingerprint density at radius 2 is 1.91 bits per heavy atom. The van der Waals surface area contributed by atoms with Gasteiger partial charge in [0.05, 0.1) is 16.4 Å². The first-order valence-corrected chi connectivity index (χ1v) is 8.17. The molecule has 1 atom stereocenters. The van der Waals surface area contributed by atoms with Crippen LogP contribution in [-0.2, 0) is 21.0 Å². The minimum absolute atomic E-state index is 0.197. The van der Waals surface area contributed by atoms with E-state index in [4.69, 9.17) is 5.14 Å². The van der Waals surface area contributed by atoms with Crippen molar-refractivity contribution in [2.24, 2.45) is 5.14 Å². The van der Waals surface area contributed by atoms with Crippen LogP contribution in [0.1, 0.15) is 36.3 Å². The Morgan fingerprint density at radius 1 is 1.23 bits per heavy atom. The Balaban J connectivity index is 2.61. The number of primary sulfonamides is 1. The maximum absolute atomic E-state index is 12.9. The maximum atomic E-state index is 12.9. The van der Waals surface area contributed by atoms with Gasteiger partial charge >= 0.3 is 6.18 Å². The van der Waals surface area contributed by atoms with Crippen molar-refractivity contribution < 1.29 is 26.4 Å². The molecule has 5 nitrogen and oxygen atoms in total. The molecule has 122 valence electrons. The van der Waals surface area contributed by atoms with Gasteiger partial charge in [-0.05, 0) is 36.6 Å². The standard InChI is InChI=1S/C13H15F3N2O3S/c14-13(15,16)8-4-5-11(22(17,20)21)10(7-8)9-3-1-2-6-18-12(9)19/h4-5,7,9H,1-3,6H2,(H,18,19)(H2,17,20,21). The van der Waals surface area contributed by atoms with Gasteiger partial charge in [-0.1, -0.05) is 6.42 Å². The molecule has 1 saturated heterocycles. The van der Waals surface area contributed by atoms with Gasteiger partial charge in [-0.25, -0.2) is 13.6 Å². The van der Waals surface area contributed by atoms with E-state index < -0.39 is 38.5 Å². The summed E-state index contributed by atoms with van der Waals surface area (Å²) >= 11 is 0. The summed E-state index contributed by atoms with van der Waals surface area (Å²) in [6, 6.07) is 2.17. The van der Waals surface area contributed by atoms with Gasteiger partial charge in [0.1, 0.15) is 0 Å². The van der Waals surface area contributed by atoms with Crippen molar-refractivity contribution in [1.82, 2.24) is 5.32 Å². The molecule has 0 spiro atoms. The second-order valence-corrected chi connectivity index (χ2v) is 6.66. The average molecular weight is 336 g/mol. The summed E-state index contributed by atoms with van der Waals surface area (Å²) < 4.78 is 61.8. The van der Waals surface area contributed by atoms with Gasteiger partial charge in [-0.15, -0.1) is 0 Å². The summed E-state index contributed by atoms with van der Waals surface area (Å²) in [6.07, 6.45) is -3.07. The summed E-state index contributed by atoms with van der Waals surface area (Å²) in [5.74, 6) is -1.44.